The highest BCUT2D eigenvalue weighted by Gasteiger charge is 2.32. The normalized spacial score (nSPS) is 24.8. The summed E-state index contributed by atoms with van der Waals surface area (Å²) in [6.07, 6.45) is 8.45. The number of hydrogen-bond donors (Lipinski definition) is 1. The number of nitrogens with one attached hydrogen (secondary N) is 1. The smallest absolute Gasteiger partial charge is 0.122 e. The van der Waals surface area contributed by atoms with E-state index in [0.29, 0.717) is 12.0 Å². The van der Waals surface area contributed by atoms with Crippen molar-refractivity contribution < 1.29 is 4.74 Å². The minimum Gasteiger partial charge on any atom is -0.493 e. The number of fused-ring (bicyclic) bond motifs is 1. The summed E-state index contributed by atoms with van der Waals surface area (Å²) in [5, 5.41) is 3.55. The number of hydrogen-bond acceptors (Lipinski definition) is 2. The van der Waals surface area contributed by atoms with E-state index in [1.165, 1.54) is 44.1 Å². The number of rotatable bonds is 4. The Kier molecular flexibility index (Phi) is 4.07. The van der Waals surface area contributed by atoms with Crippen molar-refractivity contribution in [3.63, 3.8) is 0 Å². The fraction of sp³-hybridized carbons (Fsp3) is 0.647. The maximum atomic E-state index is 5.84. The second-order valence-corrected chi connectivity index (χ2v) is 6.09. The molecule has 0 radical (unpaired) electrons. The number of likely N-dealkylation sites (N-methyl/N-ethyl adjacent to an activating group) is 1. The molecule has 2 atom stereocenters. The Balaban J connectivity index is 1.69. The Bertz CT molecular complexity index is 411. The molecule has 19 heavy (non-hydrogen) atoms. The molecule has 0 bridgehead atoms. The summed E-state index contributed by atoms with van der Waals surface area (Å²) >= 11 is 0. The topological polar surface area (TPSA) is 21.3 Å². The van der Waals surface area contributed by atoms with Gasteiger partial charge in [-0.25, -0.2) is 0 Å². The zero-order valence-electron chi connectivity index (χ0n) is 11.9. The van der Waals surface area contributed by atoms with Gasteiger partial charge in [-0.3, -0.25) is 0 Å². The van der Waals surface area contributed by atoms with Gasteiger partial charge in [0.25, 0.3) is 0 Å². The number of para-hydroxylation sites is 1. The van der Waals surface area contributed by atoms with Crippen molar-refractivity contribution in [1.29, 1.82) is 0 Å². The SMILES string of the molecule is CNC(CC1CCCCC1)C1COc2ccccc21. The number of ether oxygens (including phenoxy) is 1. The summed E-state index contributed by atoms with van der Waals surface area (Å²) in [6.45, 7) is 0.845. The molecule has 0 spiro atoms. The first-order valence-electron chi connectivity index (χ1n) is 7.77. The van der Waals surface area contributed by atoms with Crippen LogP contribution in [0.5, 0.6) is 5.75 Å². The lowest BCUT2D eigenvalue weighted by atomic mass is 9.80. The van der Waals surface area contributed by atoms with Gasteiger partial charge in [-0.2, -0.15) is 0 Å². The van der Waals surface area contributed by atoms with Gasteiger partial charge in [0.05, 0.1) is 6.61 Å². The van der Waals surface area contributed by atoms with Crippen LogP contribution in [0, 0.1) is 5.92 Å². The van der Waals surface area contributed by atoms with Gasteiger partial charge in [0.2, 0.25) is 0 Å². The van der Waals surface area contributed by atoms with Gasteiger partial charge in [-0.1, -0.05) is 50.3 Å². The molecular weight excluding hydrogens is 234 g/mol. The molecule has 0 saturated heterocycles. The maximum absolute atomic E-state index is 5.84. The zero-order chi connectivity index (χ0) is 13.1. The van der Waals surface area contributed by atoms with Crippen molar-refractivity contribution in [2.24, 2.45) is 5.92 Å². The summed E-state index contributed by atoms with van der Waals surface area (Å²) in [4.78, 5) is 0. The van der Waals surface area contributed by atoms with E-state index in [9.17, 15) is 0 Å². The van der Waals surface area contributed by atoms with E-state index in [0.717, 1.165) is 18.3 Å². The van der Waals surface area contributed by atoms with Crippen LogP contribution in [0.1, 0.15) is 50.0 Å². The van der Waals surface area contributed by atoms with E-state index < -0.39 is 0 Å². The van der Waals surface area contributed by atoms with Crippen molar-refractivity contribution >= 4 is 0 Å². The molecule has 3 rings (SSSR count). The van der Waals surface area contributed by atoms with Crippen LogP contribution < -0.4 is 10.1 Å². The van der Waals surface area contributed by atoms with Crippen LogP contribution >= 0.6 is 0 Å². The van der Waals surface area contributed by atoms with E-state index in [-0.39, 0.29) is 0 Å². The van der Waals surface area contributed by atoms with Crippen LogP contribution in [-0.2, 0) is 0 Å². The fourth-order valence-corrected chi connectivity index (χ4v) is 3.79. The molecule has 1 aromatic rings. The maximum Gasteiger partial charge on any atom is 0.122 e. The third-order valence-corrected chi connectivity index (χ3v) is 4.91. The highest BCUT2D eigenvalue weighted by Crippen LogP contribution is 2.38. The second-order valence-electron chi connectivity index (χ2n) is 6.09. The second kappa shape index (κ2) is 5.96. The zero-order valence-corrected chi connectivity index (χ0v) is 11.9. The lowest BCUT2D eigenvalue weighted by molar-refractivity contribution is 0.254. The Morgan fingerprint density at radius 1 is 1.21 bits per heavy atom. The summed E-state index contributed by atoms with van der Waals surface area (Å²) in [7, 11) is 2.11. The first kappa shape index (κ1) is 13.0. The minimum atomic E-state index is 0.531. The Hall–Kier alpha value is -1.02. The van der Waals surface area contributed by atoms with Crippen LogP contribution in [0.15, 0.2) is 24.3 Å². The minimum absolute atomic E-state index is 0.531. The molecular formula is C17H25NO. The van der Waals surface area contributed by atoms with Crippen molar-refractivity contribution in [3.8, 4) is 5.75 Å². The standard InChI is InChI=1S/C17H25NO/c1-18-16(11-13-7-3-2-4-8-13)15-12-19-17-10-6-5-9-14(15)17/h5-6,9-10,13,15-16,18H,2-4,7-8,11-12H2,1H3. The van der Waals surface area contributed by atoms with E-state index >= 15 is 0 Å². The fourth-order valence-electron chi connectivity index (χ4n) is 3.79. The van der Waals surface area contributed by atoms with Gasteiger partial charge in [-0.05, 0) is 25.5 Å². The molecule has 2 unspecified atom stereocenters. The molecule has 1 saturated carbocycles. The van der Waals surface area contributed by atoms with Crippen molar-refractivity contribution in [1.82, 2.24) is 5.32 Å². The molecule has 0 aromatic heterocycles. The lowest BCUT2D eigenvalue weighted by Crippen LogP contribution is -2.35. The molecule has 2 heteroatoms. The summed E-state index contributed by atoms with van der Waals surface area (Å²) in [5.74, 6) is 2.54. The van der Waals surface area contributed by atoms with E-state index in [4.69, 9.17) is 4.74 Å². The van der Waals surface area contributed by atoms with Crippen LogP contribution in [0.25, 0.3) is 0 Å². The highest BCUT2D eigenvalue weighted by molar-refractivity contribution is 5.40. The Labute approximate surface area is 116 Å². The van der Waals surface area contributed by atoms with Gasteiger partial charge in [0.1, 0.15) is 5.75 Å². The molecule has 1 aliphatic heterocycles. The van der Waals surface area contributed by atoms with Crippen LogP contribution in [0.3, 0.4) is 0 Å². The Morgan fingerprint density at radius 3 is 2.79 bits per heavy atom. The first-order valence-corrected chi connectivity index (χ1v) is 7.77. The molecule has 2 aliphatic rings. The van der Waals surface area contributed by atoms with E-state index in [2.05, 4.69) is 36.6 Å². The quantitative estimate of drug-likeness (QED) is 0.889. The summed E-state index contributed by atoms with van der Waals surface area (Å²) in [5.41, 5.74) is 1.40. The van der Waals surface area contributed by atoms with E-state index in [1.807, 2.05) is 0 Å². The molecule has 1 aliphatic carbocycles. The number of benzene rings is 1. The third-order valence-electron chi connectivity index (χ3n) is 4.91. The van der Waals surface area contributed by atoms with Crippen molar-refractivity contribution in [2.45, 2.75) is 50.5 Å². The first-order chi connectivity index (χ1) is 9.38. The monoisotopic (exact) mass is 259 g/mol. The van der Waals surface area contributed by atoms with Crippen molar-refractivity contribution in [3.05, 3.63) is 29.8 Å². The molecule has 1 heterocycles. The van der Waals surface area contributed by atoms with Gasteiger partial charge in [0, 0.05) is 17.5 Å². The predicted molar refractivity (Wildman–Crippen MR) is 78.7 cm³/mol. The van der Waals surface area contributed by atoms with E-state index in [1.54, 1.807) is 0 Å². The molecule has 2 nitrogen and oxygen atoms in total. The van der Waals surface area contributed by atoms with Crippen LogP contribution in [0.4, 0.5) is 0 Å². The highest BCUT2D eigenvalue weighted by atomic mass is 16.5. The molecule has 1 aromatic carbocycles. The third kappa shape index (κ3) is 2.79. The Morgan fingerprint density at radius 2 is 2.00 bits per heavy atom. The molecule has 0 amide bonds. The largest absolute Gasteiger partial charge is 0.493 e. The molecule has 1 fully saturated rings. The molecule has 1 N–H and O–H groups in total. The van der Waals surface area contributed by atoms with Gasteiger partial charge >= 0.3 is 0 Å². The van der Waals surface area contributed by atoms with Gasteiger partial charge in [-0.15, -0.1) is 0 Å². The van der Waals surface area contributed by atoms with Crippen molar-refractivity contribution in [2.75, 3.05) is 13.7 Å². The molecule has 104 valence electrons. The lowest BCUT2D eigenvalue weighted by Gasteiger charge is -2.29. The average Bonchev–Trinajstić information content (AvgIpc) is 2.90. The summed E-state index contributed by atoms with van der Waals surface area (Å²) < 4.78 is 5.84. The average molecular weight is 259 g/mol. The van der Waals surface area contributed by atoms with Crippen LogP contribution in [0.2, 0.25) is 0 Å². The predicted octanol–water partition coefficient (Wildman–Crippen LogP) is 3.72. The summed E-state index contributed by atoms with van der Waals surface area (Å²) in [6, 6.07) is 9.09. The van der Waals surface area contributed by atoms with Gasteiger partial charge in [0.15, 0.2) is 0 Å². The van der Waals surface area contributed by atoms with Crippen LogP contribution in [-0.4, -0.2) is 19.7 Å². The van der Waals surface area contributed by atoms with Gasteiger partial charge < -0.3 is 10.1 Å².